The first-order chi connectivity index (χ1) is 7.11. The van der Waals surface area contributed by atoms with Gasteiger partial charge in [-0.15, -0.1) is 0 Å². The van der Waals surface area contributed by atoms with Crippen molar-refractivity contribution in [3.63, 3.8) is 0 Å². The molecule has 1 saturated heterocycles. The van der Waals surface area contributed by atoms with E-state index in [4.69, 9.17) is 10.5 Å². The van der Waals surface area contributed by atoms with E-state index >= 15 is 0 Å². The molecule has 0 aromatic rings. The van der Waals surface area contributed by atoms with E-state index < -0.39 is 0 Å². The lowest BCUT2D eigenvalue weighted by atomic mass is 9.94. The fraction of sp³-hybridized carbons (Fsp3) is 0.909. The van der Waals surface area contributed by atoms with Gasteiger partial charge in [0.25, 0.3) is 0 Å². The molecule has 0 saturated carbocycles. The zero-order valence-corrected chi connectivity index (χ0v) is 9.71. The topological polar surface area (TPSA) is 64.3 Å². The van der Waals surface area contributed by atoms with Gasteiger partial charge in [-0.3, -0.25) is 4.79 Å². The lowest BCUT2D eigenvalue weighted by molar-refractivity contribution is -0.132. The van der Waals surface area contributed by atoms with Gasteiger partial charge in [0, 0.05) is 12.1 Å². The molecule has 1 heterocycles. The summed E-state index contributed by atoms with van der Waals surface area (Å²) in [6.45, 7) is 5.39. The summed E-state index contributed by atoms with van der Waals surface area (Å²) in [5, 5.41) is 3.04. The van der Waals surface area contributed by atoms with Crippen LogP contribution in [0.1, 0.15) is 39.5 Å². The third-order valence-corrected chi connectivity index (χ3v) is 3.12. The van der Waals surface area contributed by atoms with Crippen molar-refractivity contribution in [1.29, 1.82) is 0 Å². The van der Waals surface area contributed by atoms with Crippen LogP contribution in [0.15, 0.2) is 0 Å². The average molecular weight is 214 g/mol. The van der Waals surface area contributed by atoms with Crippen LogP contribution in [0.5, 0.6) is 0 Å². The van der Waals surface area contributed by atoms with E-state index in [2.05, 4.69) is 12.2 Å². The Bertz CT molecular complexity index is 215. The Morgan fingerprint density at radius 2 is 2.40 bits per heavy atom. The Hall–Kier alpha value is -0.610. The molecule has 0 spiro atoms. The maximum absolute atomic E-state index is 11.8. The van der Waals surface area contributed by atoms with Crippen molar-refractivity contribution in [2.45, 2.75) is 51.2 Å². The van der Waals surface area contributed by atoms with E-state index in [1.165, 1.54) is 0 Å². The second kappa shape index (κ2) is 5.47. The van der Waals surface area contributed by atoms with Crippen molar-refractivity contribution in [3.05, 3.63) is 0 Å². The number of hydrogen-bond acceptors (Lipinski definition) is 3. The third-order valence-electron chi connectivity index (χ3n) is 3.12. The highest BCUT2D eigenvalue weighted by Gasteiger charge is 2.29. The molecule has 2 unspecified atom stereocenters. The molecule has 4 nitrogen and oxygen atoms in total. The van der Waals surface area contributed by atoms with Crippen LogP contribution >= 0.6 is 0 Å². The molecular formula is C11H22N2O2. The van der Waals surface area contributed by atoms with Gasteiger partial charge in [0.2, 0.25) is 5.91 Å². The maximum Gasteiger partial charge on any atom is 0.249 e. The zero-order chi connectivity index (χ0) is 11.3. The summed E-state index contributed by atoms with van der Waals surface area (Å²) in [5.74, 6) is 0.0188. The monoisotopic (exact) mass is 214 g/mol. The van der Waals surface area contributed by atoms with Gasteiger partial charge in [0.05, 0.1) is 0 Å². The van der Waals surface area contributed by atoms with E-state index in [1.807, 2.05) is 6.92 Å². The summed E-state index contributed by atoms with van der Waals surface area (Å²) < 4.78 is 5.34. The smallest absolute Gasteiger partial charge is 0.249 e. The highest BCUT2D eigenvalue weighted by atomic mass is 16.5. The minimum absolute atomic E-state index is 0.0188. The predicted octanol–water partition coefficient (Wildman–Crippen LogP) is 0.799. The first-order valence-corrected chi connectivity index (χ1v) is 5.75. The highest BCUT2D eigenvalue weighted by Crippen LogP contribution is 2.17. The molecule has 0 radical (unpaired) electrons. The molecule has 0 bridgehead atoms. The van der Waals surface area contributed by atoms with E-state index in [-0.39, 0.29) is 17.6 Å². The fourth-order valence-electron chi connectivity index (χ4n) is 1.81. The van der Waals surface area contributed by atoms with E-state index in [9.17, 15) is 4.79 Å². The van der Waals surface area contributed by atoms with E-state index in [1.54, 1.807) is 0 Å². The van der Waals surface area contributed by atoms with Crippen molar-refractivity contribution < 1.29 is 9.53 Å². The third kappa shape index (κ3) is 3.47. The Kier molecular flexibility index (Phi) is 4.54. The number of ether oxygens (including phenoxy) is 1. The summed E-state index contributed by atoms with van der Waals surface area (Å²) in [7, 11) is 0. The quantitative estimate of drug-likeness (QED) is 0.711. The van der Waals surface area contributed by atoms with Gasteiger partial charge in [-0.1, -0.05) is 6.92 Å². The molecule has 0 aliphatic carbocycles. The fourth-order valence-corrected chi connectivity index (χ4v) is 1.81. The van der Waals surface area contributed by atoms with Crippen molar-refractivity contribution in [3.8, 4) is 0 Å². The summed E-state index contributed by atoms with van der Waals surface area (Å²) >= 11 is 0. The van der Waals surface area contributed by atoms with Crippen LogP contribution in [0.3, 0.4) is 0 Å². The summed E-state index contributed by atoms with van der Waals surface area (Å²) in [6, 6.07) is 0. The molecule has 1 aliphatic heterocycles. The minimum atomic E-state index is -0.242. The molecule has 1 fully saturated rings. The van der Waals surface area contributed by atoms with Crippen LogP contribution < -0.4 is 11.1 Å². The first kappa shape index (κ1) is 12.5. The molecular weight excluding hydrogens is 192 g/mol. The van der Waals surface area contributed by atoms with Crippen molar-refractivity contribution >= 4 is 5.91 Å². The van der Waals surface area contributed by atoms with Crippen LogP contribution in [-0.2, 0) is 9.53 Å². The molecule has 1 amide bonds. The average Bonchev–Trinajstić information content (AvgIpc) is 2.71. The number of hydrogen-bond donors (Lipinski definition) is 2. The lowest BCUT2D eigenvalue weighted by Crippen LogP contribution is -2.50. The van der Waals surface area contributed by atoms with Gasteiger partial charge in [-0.2, -0.15) is 0 Å². The maximum atomic E-state index is 11.8. The largest absolute Gasteiger partial charge is 0.368 e. The minimum Gasteiger partial charge on any atom is -0.368 e. The Labute approximate surface area is 91.5 Å². The molecule has 0 aromatic heterocycles. The molecule has 0 aromatic carbocycles. The van der Waals surface area contributed by atoms with Gasteiger partial charge in [0.15, 0.2) is 0 Å². The number of carbonyl (C=O) groups is 1. The van der Waals surface area contributed by atoms with Crippen molar-refractivity contribution in [2.24, 2.45) is 5.73 Å². The number of nitrogens with two attached hydrogens (primary N) is 1. The number of amides is 1. The first-order valence-electron chi connectivity index (χ1n) is 5.75. The van der Waals surface area contributed by atoms with Crippen LogP contribution in [0, 0.1) is 0 Å². The molecule has 1 rings (SSSR count). The molecule has 2 atom stereocenters. The summed E-state index contributed by atoms with van der Waals surface area (Å²) in [4.78, 5) is 11.8. The van der Waals surface area contributed by atoms with Crippen LogP contribution in [0.4, 0.5) is 0 Å². The lowest BCUT2D eigenvalue weighted by Gasteiger charge is -2.30. The number of nitrogens with one attached hydrogen (secondary N) is 1. The molecule has 1 aliphatic rings. The number of rotatable bonds is 5. The Morgan fingerprint density at radius 3 is 2.87 bits per heavy atom. The van der Waals surface area contributed by atoms with Gasteiger partial charge >= 0.3 is 0 Å². The van der Waals surface area contributed by atoms with E-state index in [0.717, 1.165) is 25.7 Å². The Balaban J connectivity index is 2.46. The van der Waals surface area contributed by atoms with Gasteiger partial charge in [-0.25, -0.2) is 0 Å². The SMILES string of the molecule is CCC(C)(CCN)NC(=O)C1CCCO1. The van der Waals surface area contributed by atoms with Crippen molar-refractivity contribution in [1.82, 2.24) is 5.32 Å². The normalized spacial score (nSPS) is 24.9. The summed E-state index contributed by atoms with van der Waals surface area (Å²) in [5.41, 5.74) is 5.35. The predicted molar refractivity (Wildman–Crippen MR) is 59.5 cm³/mol. The van der Waals surface area contributed by atoms with Crippen LogP contribution in [0.25, 0.3) is 0 Å². The number of carbonyl (C=O) groups excluding carboxylic acids is 1. The molecule has 88 valence electrons. The standard InChI is InChI=1S/C11H22N2O2/c1-3-11(2,6-7-12)13-10(14)9-5-4-8-15-9/h9H,3-8,12H2,1-2H3,(H,13,14). The second-order valence-electron chi connectivity index (χ2n) is 4.44. The summed E-state index contributed by atoms with van der Waals surface area (Å²) in [6.07, 6.45) is 3.28. The molecule has 15 heavy (non-hydrogen) atoms. The molecule has 4 heteroatoms. The van der Waals surface area contributed by atoms with Crippen molar-refractivity contribution in [2.75, 3.05) is 13.2 Å². The van der Waals surface area contributed by atoms with Crippen LogP contribution in [-0.4, -0.2) is 30.7 Å². The Morgan fingerprint density at radius 1 is 1.67 bits per heavy atom. The molecule has 3 N–H and O–H groups in total. The van der Waals surface area contributed by atoms with Gasteiger partial charge in [-0.05, 0) is 39.2 Å². The van der Waals surface area contributed by atoms with Gasteiger partial charge in [0.1, 0.15) is 6.10 Å². The highest BCUT2D eigenvalue weighted by molar-refractivity contribution is 5.81. The van der Waals surface area contributed by atoms with Gasteiger partial charge < -0.3 is 15.8 Å². The van der Waals surface area contributed by atoms with E-state index in [0.29, 0.717) is 13.2 Å². The second-order valence-corrected chi connectivity index (χ2v) is 4.44. The zero-order valence-electron chi connectivity index (χ0n) is 9.71. The van der Waals surface area contributed by atoms with Crippen LogP contribution in [0.2, 0.25) is 0 Å².